The molecule has 0 atom stereocenters. The zero-order valence-electron chi connectivity index (χ0n) is 13.2. The number of fused-ring (bicyclic) bond motifs is 1. The number of imidazole rings is 1. The summed E-state index contributed by atoms with van der Waals surface area (Å²) in [6, 6.07) is 18.4. The predicted molar refractivity (Wildman–Crippen MR) is 95.2 cm³/mol. The van der Waals surface area contributed by atoms with E-state index in [1.165, 1.54) is 6.07 Å². The molecule has 0 bridgehead atoms. The van der Waals surface area contributed by atoms with Crippen molar-refractivity contribution in [2.24, 2.45) is 0 Å². The van der Waals surface area contributed by atoms with Gasteiger partial charge in [0.15, 0.2) is 0 Å². The second kappa shape index (κ2) is 6.16. The van der Waals surface area contributed by atoms with Crippen LogP contribution in [0.2, 0.25) is 0 Å². The Morgan fingerprint density at radius 3 is 2.72 bits per heavy atom. The fourth-order valence-corrected chi connectivity index (χ4v) is 2.90. The van der Waals surface area contributed by atoms with Crippen LogP contribution in [-0.2, 0) is 6.54 Å². The standard InChI is InChI=1S/C19H14N4O2/c24-23(25)16-7-3-5-14(11-16)13-22-18-9-2-1-8-17(18)21-19(22)15-6-4-10-20-12-15/h1-12H,13H2. The Hall–Kier alpha value is -3.54. The highest BCUT2D eigenvalue weighted by Gasteiger charge is 2.14. The van der Waals surface area contributed by atoms with Gasteiger partial charge in [-0.15, -0.1) is 0 Å². The molecule has 6 heteroatoms. The molecule has 0 aliphatic carbocycles. The van der Waals surface area contributed by atoms with Crippen molar-refractivity contribution in [1.29, 1.82) is 0 Å². The third-order valence-electron chi connectivity index (χ3n) is 4.04. The monoisotopic (exact) mass is 330 g/mol. The number of benzene rings is 2. The van der Waals surface area contributed by atoms with E-state index in [0.29, 0.717) is 6.54 Å². The second-order valence-corrected chi connectivity index (χ2v) is 5.68. The number of aromatic nitrogens is 3. The van der Waals surface area contributed by atoms with E-state index in [0.717, 1.165) is 28.0 Å². The molecule has 0 fully saturated rings. The number of hydrogen-bond donors (Lipinski definition) is 0. The lowest BCUT2D eigenvalue weighted by Crippen LogP contribution is -2.03. The van der Waals surface area contributed by atoms with Crippen LogP contribution >= 0.6 is 0 Å². The smallest absolute Gasteiger partial charge is 0.269 e. The first-order valence-electron chi connectivity index (χ1n) is 7.81. The van der Waals surface area contributed by atoms with Crippen LogP contribution in [0.3, 0.4) is 0 Å². The summed E-state index contributed by atoms with van der Waals surface area (Å²) in [4.78, 5) is 19.6. The maximum Gasteiger partial charge on any atom is 0.269 e. The molecule has 122 valence electrons. The normalized spacial score (nSPS) is 10.9. The molecule has 0 spiro atoms. The molecule has 6 nitrogen and oxygen atoms in total. The molecule has 0 unspecified atom stereocenters. The molecular weight excluding hydrogens is 316 g/mol. The third kappa shape index (κ3) is 2.85. The van der Waals surface area contributed by atoms with Gasteiger partial charge in [0.05, 0.1) is 16.0 Å². The van der Waals surface area contributed by atoms with Crippen molar-refractivity contribution in [3.8, 4) is 11.4 Å². The molecule has 0 aliphatic heterocycles. The third-order valence-corrected chi connectivity index (χ3v) is 4.04. The van der Waals surface area contributed by atoms with Gasteiger partial charge in [-0.25, -0.2) is 4.98 Å². The van der Waals surface area contributed by atoms with Gasteiger partial charge < -0.3 is 4.57 Å². The van der Waals surface area contributed by atoms with Crippen LogP contribution in [0.1, 0.15) is 5.56 Å². The van der Waals surface area contributed by atoms with Gasteiger partial charge in [0.1, 0.15) is 5.82 Å². The summed E-state index contributed by atoms with van der Waals surface area (Å²) in [5, 5.41) is 11.0. The SMILES string of the molecule is O=[N+]([O-])c1cccc(Cn2c(-c3cccnc3)nc3ccccc32)c1. The first-order chi connectivity index (χ1) is 12.2. The van der Waals surface area contributed by atoms with Crippen LogP contribution in [0.4, 0.5) is 5.69 Å². The fraction of sp³-hybridized carbons (Fsp3) is 0.0526. The molecule has 4 aromatic rings. The molecule has 0 amide bonds. The summed E-state index contributed by atoms with van der Waals surface area (Å²) in [5.74, 6) is 0.792. The zero-order chi connectivity index (χ0) is 17.2. The Morgan fingerprint density at radius 2 is 1.92 bits per heavy atom. The van der Waals surface area contributed by atoms with Gasteiger partial charge >= 0.3 is 0 Å². The average Bonchev–Trinajstić information content (AvgIpc) is 3.01. The lowest BCUT2D eigenvalue weighted by Gasteiger charge is -2.09. The molecular formula is C19H14N4O2. The van der Waals surface area contributed by atoms with Crippen LogP contribution in [-0.4, -0.2) is 19.5 Å². The van der Waals surface area contributed by atoms with E-state index < -0.39 is 0 Å². The highest BCUT2D eigenvalue weighted by atomic mass is 16.6. The number of non-ortho nitro benzene ring substituents is 1. The molecule has 0 saturated heterocycles. The summed E-state index contributed by atoms with van der Waals surface area (Å²) in [5.41, 5.74) is 3.70. The number of para-hydroxylation sites is 2. The lowest BCUT2D eigenvalue weighted by molar-refractivity contribution is -0.384. The quantitative estimate of drug-likeness (QED) is 0.418. The Kier molecular flexibility index (Phi) is 3.70. The van der Waals surface area contributed by atoms with Crippen molar-refractivity contribution < 1.29 is 4.92 Å². The Bertz CT molecular complexity index is 1060. The number of nitrogens with zero attached hydrogens (tertiary/aromatic N) is 4. The minimum atomic E-state index is -0.377. The summed E-state index contributed by atoms with van der Waals surface area (Å²) < 4.78 is 2.06. The van der Waals surface area contributed by atoms with Gasteiger partial charge in [-0.1, -0.05) is 24.3 Å². The summed E-state index contributed by atoms with van der Waals surface area (Å²) in [6.45, 7) is 0.492. The van der Waals surface area contributed by atoms with Crippen LogP contribution in [0.5, 0.6) is 0 Å². The average molecular weight is 330 g/mol. The van der Waals surface area contributed by atoms with Gasteiger partial charge in [0.25, 0.3) is 5.69 Å². The number of hydrogen-bond acceptors (Lipinski definition) is 4. The zero-order valence-corrected chi connectivity index (χ0v) is 13.2. The van der Waals surface area contributed by atoms with E-state index in [4.69, 9.17) is 4.98 Å². The van der Waals surface area contributed by atoms with Crippen molar-refractivity contribution in [3.05, 3.63) is 88.7 Å². The maximum atomic E-state index is 11.0. The van der Waals surface area contributed by atoms with Crippen LogP contribution in [0.25, 0.3) is 22.4 Å². The van der Waals surface area contributed by atoms with E-state index in [-0.39, 0.29) is 10.6 Å². The van der Waals surface area contributed by atoms with Gasteiger partial charge in [0, 0.05) is 36.6 Å². The van der Waals surface area contributed by atoms with E-state index in [1.807, 2.05) is 42.5 Å². The molecule has 0 N–H and O–H groups in total. The first-order valence-corrected chi connectivity index (χ1v) is 7.81. The number of pyridine rings is 1. The van der Waals surface area contributed by atoms with Crippen molar-refractivity contribution in [1.82, 2.24) is 14.5 Å². The van der Waals surface area contributed by atoms with Crippen molar-refractivity contribution in [2.75, 3.05) is 0 Å². The van der Waals surface area contributed by atoms with Gasteiger partial charge in [-0.2, -0.15) is 0 Å². The summed E-state index contributed by atoms with van der Waals surface area (Å²) in [6.07, 6.45) is 3.49. The van der Waals surface area contributed by atoms with E-state index in [1.54, 1.807) is 24.5 Å². The maximum absolute atomic E-state index is 11.0. The number of nitro groups is 1. The fourth-order valence-electron chi connectivity index (χ4n) is 2.90. The van der Waals surface area contributed by atoms with Crippen molar-refractivity contribution >= 4 is 16.7 Å². The van der Waals surface area contributed by atoms with Crippen LogP contribution < -0.4 is 0 Å². The van der Waals surface area contributed by atoms with Gasteiger partial charge in [0.2, 0.25) is 0 Å². The van der Waals surface area contributed by atoms with Gasteiger partial charge in [-0.3, -0.25) is 15.1 Å². The number of rotatable bonds is 4. The summed E-state index contributed by atoms with van der Waals surface area (Å²) >= 11 is 0. The van der Waals surface area contributed by atoms with Crippen molar-refractivity contribution in [3.63, 3.8) is 0 Å². The van der Waals surface area contributed by atoms with Crippen LogP contribution in [0.15, 0.2) is 73.1 Å². The second-order valence-electron chi connectivity index (χ2n) is 5.68. The Labute approximate surface area is 143 Å². The largest absolute Gasteiger partial charge is 0.319 e. The molecule has 0 radical (unpaired) electrons. The van der Waals surface area contributed by atoms with Gasteiger partial charge in [-0.05, 0) is 29.8 Å². The molecule has 2 aromatic heterocycles. The molecule has 2 heterocycles. The molecule has 2 aromatic carbocycles. The molecule has 4 rings (SSSR count). The minimum absolute atomic E-state index is 0.0878. The van der Waals surface area contributed by atoms with E-state index in [9.17, 15) is 10.1 Å². The van der Waals surface area contributed by atoms with E-state index in [2.05, 4.69) is 9.55 Å². The molecule has 0 aliphatic rings. The predicted octanol–water partition coefficient (Wildman–Crippen LogP) is 4.05. The highest BCUT2D eigenvalue weighted by Crippen LogP contribution is 2.26. The Balaban J connectivity index is 1.86. The topological polar surface area (TPSA) is 73.8 Å². The first kappa shape index (κ1) is 15.0. The summed E-state index contributed by atoms with van der Waals surface area (Å²) in [7, 11) is 0. The minimum Gasteiger partial charge on any atom is -0.319 e. The highest BCUT2D eigenvalue weighted by molar-refractivity contribution is 5.80. The van der Waals surface area contributed by atoms with Crippen LogP contribution in [0, 0.1) is 10.1 Å². The van der Waals surface area contributed by atoms with Crippen molar-refractivity contribution in [2.45, 2.75) is 6.54 Å². The lowest BCUT2D eigenvalue weighted by atomic mass is 10.2. The van der Waals surface area contributed by atoms with E-state index >= 15 is 0 Å². The number of nitro benzene ring substituents is 1. The Morgan fingerprint density at radius 1 is 1.04 bits per heavy atom. The molecule has 0 saturated carbocycles. The molecule has 25 heavy (non-hydrogen) atoms.